The maximum absolute atomic E-state index is 10.7. The summed E-state index contributed by atoms with van der Waals surface area (Å²) in [6, 6.07) is 10.0. The van der Waals surface area contributed by atoms with Gasteiger partial charge in [-0.1, -0.05) is 19.1 Å². The number of aldehydes is 1. The van der Waals surface area contributed by atoms with Gasteiger partial charge in [0.1, 0.15) is 12.4 Å². The van der Waals surface area contributed by atoms with Gasteiger partial charge < -0.3 is 4.74 Å². The standard InChI is InChI=1S/C15H16O2S/c1-3-12-4-6-14(7-5-12)17-10-13-8-15(9-16)18-11(13)2/h4-9H,3,10H2,1-2H3. The summed E-state index contributed by atoms with van der Waals surface area (Å²) in [5.74, 6) is 0.866. The van der Waals surface area contributed by atoms with Crippen molar-refractivity contribution < 1.29 is 9.53 Å². The molecule has 0 aliphatic carbocycles. The molecule has 1 aromatic heterocycles. The minimum atomic E-state index is 0.516. The Balaban J connectivity index is 2.01. The zero-order chi connectivity index (χ0) is 13.0. The number of benzene rings is 1. The zero-order valence-electron chi connectivity index (χ0n) is 10.6. The lowest BCUT2D eigenvalue weighted by molar-refractivity contribution is 0.112. The van der Waals surface area contributed by atoms with E-state index in [1.807, 2.05) is 25.1 Å². The van der Waals surface area contributed by atoms with Gasteiger partial charge in [0.25, 0.3) is 0 Å². The second-order valence-corrected chi connectivity index (χ2v) is 5.42. The van der Waals surface area contributed by atoms with Crippen LogP contribution in [0, 0.1) is 6.92 Å². The molecule has 0 spiro atoms. The van der Waals surface area contributed by atoms with E-state index >= 15 is 0 Å². The fourth-order valence-corrected chi connectivity index (χ4v) is 2.58. The minimum Gasteiger partial charge on any atom is -0.489 e. The molecule has 0 saturated heterocycles. The zero-order valence-corrected chi connectivity index (χ0v) is 11.4. The van der Waals surface area contributed by atoms with Gasteiger partial charge in [-0.05, 0) is 37.1 Å². The summed E-state index contributed by atoms with van der Waals surface area (Å²) in [5.41, 5.74) is 2.39. The molecule has 1 heterocycles. The van der Waals surface area contributed by atoms with Crippen LogP contribution in [0.1, 0.15) is 32.6 Å². The van der Waals surface area contributed by atoms with Crippen LogP contribution in [0.25, 0.3) is 0 Å². The van der Waals surface area contributed by atoms with E-state index in [0.29, 0.717) is 6.61 Å². The molecular weight excluding hydrogens is 244 g/mol. The van der Waals surface area contributed by atoms with Gasteiger partial charge in [-0.25, -0.2) is 0 Å². The van der Waals surface area contributed by atoms with E-state index in [9.17, 15) is 4.79 Å². The largest absolute Gasteiger partial charge is 0.489 e. The van der Waals surface area contributed by atoms with Crippen LogP contribution in [-0.4, -0.2) is 6.29 Å². The predicted octanol–water partition coefficient (Wildman–Crippen LogP) is 4.01. The molecule has 2 nitrogen and oxygen atoms in total. The van der Waals surface area contributed by atoms with Crippen molar-refractivity contribution in [1.82, 2.24) is 0 Å². The summed E-state index contributed by atoms with van der Waals surface area (Å²) in [7, 11) is 0. The van der Waals surface area contributed by atoms with Crippen LogP contribution in [-0.2, 0) is 13.0 Å². The Morgan fingerprint density at radius 2 is 2.00 bits per heavy atom. The molecule has 1 aromatic carbocycles. The average molecular weight is 260 g/mol. The Morgan fingerprint density at radius 3 is 2.56 bits per heavy atom. The van der Waals surface area contributed by atoms with Crippen molar-refractivity contribution in [2.75, 3.05) is 0 Å². The second-order valence-electron chi connectivity index (χ2n) is 4.13. The molecule has 2 aromatic rings. The van der Waals surface area contributed by atoms with Crippen LogP contribution >= 0.6 is 11.3 Å². The van der Waals surface area contributed by atoms with Gasteiger partial charge in [0.2, 0.25) is 0 Å². The fourth-order valence-electron chi connectivity index (χ4n) is 1.73. The van der Waals surface area contributed by atoms with Crippen molar-refractivity contribution in [3.8, 4) is 5.75 Å². The molecule has 0 bridgehead atoms. The molecule has 94 valence electrons. The number of thiophene rings is 1. The molecule has 0 amide bonds. The lowest BCUT2D eigenvalue weighted by Gasteiger charge is -2.06. The molecule has 0 aliphatic heterocycles. The summed E-state index contributed by atoms with van der Waals surface area (Å²) < 4.78 is 5.72. The highest BCUT2D eigenvalue weighted by Crippen LogP contribution is 2.22. The van der Waals surface area contributed by atoms with E-state index in [2.05, 4.69) is 19.1 Å². The smallest absolute Gasteiger partial charge is 0.160 e. The molecule has 0 N–H and O–H groups in total. The SMILES string of the molecule is CCc1ccc(OCc2cc(C=O)sc2C)cc1. The third-order valence-corrected chi connectivity index (χ3v) is 3.90. The summed E-state index contributed by atoms with van der Waals surface area (Å²) >= 11 is 1.51. The molecular formula is C15H16O2S. The lowest BCUT2D eigenvalue weighted by Crippen LogP contribution is -1.95. The first-order valence-electron chi connectivity index (χ1n) is 5.99. The highest BCUT2D eigenvalue weighted by Gasteiger charge is 2.05. The Bertz CT molecular complexity index is 526. The number of carbonyl (C=O) groups is 1. The molecule has 3 heteroatoms. The summed E-state index contributed by atoms with van der Waals surface area (Å²) in [6.45, 7) is 4.66. The average Bonchev–Trinajstić information content (AvgIpc) is 2.77. The third kappa shape index (κ3) is 2.99. The van der Waals surface area contributed by atoms with Crippen LogP contribution in [0.5, 0.6) is 5.75 Å². The molecule has 0 unspecified atom stereocenters. The van der Waals surface area contributed by atoms with Crippen LogP contribution in [0.3, 0.4) is 0 Å². The topological polar surface area (TPSA) is 26.3 Å². The summed E-state index contributed by atoms with van der Waals surface area (Å²) in [5, 5.41) is 0. The predicted molar refractivity (Wildman–Crippen MR) is 74.6 cm³/mol. The van der Waals surface area contributed by atoms with E-state index < -0.39 is 0 Å². The van der Waals surface area contributed by atoms with Crippen LogP contribution in [0.4, 0.5) is 0 Å². The van der Waals surface area contributed by atoms with Crippen molar-refractivity contribution in [3.63, 3.8) is 0 Å². The first kappa shape index (κ1) is 12.8. The van der Waals surface area contributed by atoms with Crippen molar-refractivity contribution in [3.05, 3.63) is 51.2 Å². The quantitative estimate of drug-likeness (QED) is 0.759. The molecule has 0 saturated carbocycles. The van der Waals surface area contributed by atoms with Crippen molar-refractivity contribution in [2.45, 2.75) is 26.9 Å². The maximum Gasteiger partial charge on any atom is 0.160 e. The number of aryl methyl sites for hydroxylation is 2. The van der Waals surface area contributed by atoms with Gasteiger partial charge in [0.15, 0.2) is 6.29 Å². The van der Waals surface area contributed by atoms with Crippen molar-refractivity contribution >= 4 is 17.6 Å². The minimum absolute atomic E-state index is 0.516. The molecule has 0 aliphatic rings. The van der Waals surface area contributed by atoms with Crippen molar-refractivity contribution in [2.24, 2.45) is 0 Å². The fraction of sp³-hybridized carbons (Fsp3) is 0.267. The monoisotopic (exact) mass is 260 g/mol. The third-order valence-electron chi connectivity index (χ3n) is 2.88. The van der Waals surface area contributed by atoms with E-state index in [-0.39, 0.29) is 0 Å². The highest BCUT2D eigenvalue weighted by molar-refractivity contribution is 7.13. The van der Waals surface area contributed by atoms with E-state index in [0.717, 1.165) is 33.8 Å². The summed E-state index contributed by atoms with van der Waals surface area (Å²) in [6.07, 6.45) is 1.92. The molecule has 0 fully saturated rings. The van der Waals surface area contributed by atoms with Gasteiger partial charge in [-0.2, -0.15) is 0 Å². The number of rotatable bonds is 5. The first-order chi connectivity index (χ1) is 8.72. The number of hydrogen-bond donors (Lipinski definition) is 0. The molecule has 0 radical (unpaired) electrons. The number of ether oxygens (including phenoxy) is 1. The van der Waals surface area contributed by atoms with Crippen LogP contribution in [0.2, 0.25) is 0 Å². The number of hydrogen-bond acceptors (Lipinski definition) is 3. The van der Waals surface area contributed by atoms with Gasteiger partial charge in [0.05, 0.1) is 4.88 Å². The Labute approximate surface area is 111 Å². The van der Waals surface area contributed by atoms with Crippen molar-refractivity contribution in [1.29, 1.82) is 0 Å². The van der Waals surface area contributed by atoms with Gasteiger partial charge >= 0.3 is 0 Å². The molecule has 0 atom stereocenters. The highest BCUT2D eigenvalue weighted by atomic mass is 32.1. The Morgan fingerprint density at radius 1 is 1.28 bits per heavy atom. The maximum atomic E-state index is 10.7. The Hall–Kier alpha value is -1.61. The van der Waals surface area contributed by atoms with Crippen LogP contribution < -0.4 is 4.74 Å². The van der Waals surface area contributed by atoms with E-state index in [4.69, 9.17) is 4.74 Å². The van der Waals surface area contributed by atoms with Crippen LogP contribution in [0.15, 0.2) is 30.3 Å². The molecule has 2 rings (SSSR count). The Kier molecular flexibility index (Phi) is 4.15. The van der Waals surface area contributed by atoms with Gasteiger partial charge in [-0.15, -0.1) is 11.3 Å². The second kappa shape index (κ2) is 5.83. The van der Waals surface area contributed by atoms with E-state index in [1.165, 1.54) is 16.9 Å². The summed E-state index contributed by atoms with van der Waals surface area (Å²) in [4.78, 5) is 12.6. The normalized spacial score (nSPS) is 10.3. The van der Waals surface area contributed by atoms with Gasteiger partial charge in [-0.3, -0.25) is 4.79 Å². The molecule has 18 heavy (non-hydrogen) atoms. The van der Waals surface area contributed by atoms with Gasteiger partial charge in [0, 0.05) is 10.4 Å². The first-order valence-corrected chi connectivity index (χ1v) is 6.80. The number of carbonyl (C=O) groups excluding carboxylic acids is 1. The van der Waals surface area contributed by atoms with E-state index in [1.54, 1.807) is 0 Å². The lowest BCUT2D eigenvalue weighted by atomic mass is 10.2.